The Morgan fingerprint density at radius 3 is 2.06 bits per heavy atom. The molecule has 0 radical (unpaired) electrons. The number of fused-ring (bicyclic) bond motifs is 2. The van der Waals surface area contributed by atoms with Gasteiger partial charge in [-0.05, 0) is 53.1 Å². The molecule has 1 atom stereocenters. The van der Waals surface area contributed by atoms with Crippen molar-refractivity contribution < 1.29 is 9.47 Å². The molecule has 1 saturated heterocycles. The highest BCUT2D eigenvalue weighted by molar-refractivity contribution is 5.88. The first-order valence-electron chi connectivity index (χ1n) is 11.8. The van der Waals surface area contributed by atoms with Crippen LogP contribution in [0.25, 0.3) is 21.5 Å². The zero-order valence-electron chi connectivity index (χ0n) is 19.5. The molecule has 4 nitrogen and oxygen atoms in total. The molecule has 0 aromatic heterocycles. The number of hydrogen-bond donors (Lipinski definition) is 1. The molecule has 5 rings (SSSR count). The van der Waals surface area contributed by atoms with E-state index in [0.717, 1.165) is 37.7 Å². The third kappa shape index (κ3) is 4.41. The minimum Gasteiger partial charge on any atom is -0.496 e. The van der Waals surface area contributed by atoms with Crippen LogP contribution in [0.3, 0.4) is 0 Å². The Morgan fingerprint density at radius 2 is 1.39 bits per heavy atom. The lowest BCUT2D eigenvalue weighted by Gasteiger charge is -2.26. The monoisotopic (exact) mass is 440 g/mol. The first-order valence-corrected chi connectivity index (χ1v) is 11.8. The number of ether oxygens (including phenoxy) is 2. The molecule has 0 saturated carbocycles. The Balaban J connectivity index is 1.32. The molecule has 4 aromatic rings. The lowest BCUT2D eigenvalue weighted by Crippen LogP contribution is -2.37. The van der Waals surface area contributed by atoms with Crippen molar-refractivity contribution in [2.75, 3.05) is 27.3 Å². The molecule has 0 aliphatic carbocycles. The topological polar surface area (TPSA) is 33.7 Å². The zero-order valence-corrected chi connectivity index (χ0v) is 19.5. The van der Waals surface area contributed by atoms with Crippen molar-refractivity contribution in [3.05, 3.63) is 83.9 Å². The summed E-state index contributed by atoms with van der Waals surface area (Å²) in [7, 11) is 3.53. The van der Waals surface area contributed by atoms with E-state index in [1.807, 2.05) is 0 Å². The van der Waals surface area contributed by atoms with Gasteiger partial charge in [-0.15, -0.1) is 0 Å². The van der Waals surface area contributed by atoms with Gasteiger partial charge in [0, 0.05) is 36.8 Å². The van der Waals surface area contributed by atoms with Crippen LogP contribution in [0.5, 0.6) is 11.5 Å². The van der Waals surface area contributed by atoms with E-state index in [4.69, 9.17) is 9.47 Å². The summed E-state index contributed by atoms with van der Waals surface area (Å²) in [5, 5.41) is 8.80. The van der Waals surface area contributed by atoms with E-state index in [-0.39, 0.29) is 0 Å². The fraction of sp³-hybridized carbons (Fsp3) is 0.310. The fourth-order valence-corrected chi connectivity index (χ4v) is 5.26. The number of methoxy groups -OCH3 is 2. The lowest BCUT2D eigenvalue weighted by atomic mass is 10.0. The molecule has 0 amide bonds. The molecule has 1 N–H and O–H groups in total. The molecular weight excluding hydrogens is 408 g/mol. The molecule has 170 valence electrons. The van der Waals surface area contributed by atoms with Crippen LogP contribution in [-0.4, -0.2) is 38.3 Å². The van der Waals surface area contributed by atoms with Crippen molar-refractivity contribution >= 4 is 21.5 Å². The predicted octanol–water partition coefficient (Wildman–Crippen LogP) is 5.76. The van der Waals surface area contributed by atoms with E-state index >= 15 is 0 Å². The van der Waals surface area contributed by atoms with E-state index < -0.39 is 0 Å². The normalized spacial score (nSPS) is 16.5. The van der Waals surface area contributed by atoms with Crippen molar-refractivity contribution in [2.45, 2.75) is 32.0 Å². The summed E-state index contributed by atoms with van der Waals surface area (Å²) < 4.78 is 11.4. The van der Waals surface area contributed by atoms with Gasteiger partial charge in [0.05, 0.1) is 14.2 Å². The second kappa shape index (κ2) is 9.82. The molecule has 1 aliphatic heterocycles. The van der Waals surface area contributed by atoms with E-state index in [1.165, 1.54) is 45.5 Å². The summed E-state index contributed by atoms with van der Waals surface area (Å²) in [6.07, 6.45) is 2.45. The summed E-state index contributed by atoms with van der Waals surface area (Å²) in [5.74, 6) is 1.93. The predicted molar refractivity (Wildman–Crippen MR) is 136 cm³/mol. The maximum absolute atomic E-state index is 5.75. The fourth-order valence-electron chi connectivity index (χ4n) is 5.26. The van der Waals surface area contributed by atoms with Gasteiger partial charge < -0.3 is 14.8 Å². The number of benzene rings is 4. The van der Waals surface area contributed by atoms with Crippen LogP contribution in [0.4, 0.5) is 0 Å². The molecule has 1 aliphatic rings. The van der Waals surface area contributed by atoms with E-state index in [2.05, 4.69) is 83.0 Å². The summed E-state index contributed by atoms with van der Waals surface area (Å²) in [6, 6.07) is 26.1. The Morgan fingerprint density at radius 1 is 0.788 bits per heavy atom. The smallest absolute Gasteiger partial charge is 0.123 e. The van der Waals surface area contributed by atoms with Crippen LogP contribution in [0.1, 0.15) is 24.0 Å². The largest absolute Gasteiger partial charge is 0.496 e. The number of rotatable bonds is 8. The lowest BCUT2D eigenvalue weighted by molar-refractivity contribution is 0.236. The molecule has 0 bridgehead atoms. The molecule has 4 heteroatoms. The van der Waals surface area contributed by atoms with Gasteiger partial charge in [0.25, 0.3) is 0 Å². The number of nitrogens with zero attached hydrogens (tertiary/aromatic N) is 1. The Kier molecular flexibility index (Phi) is 6.47. The summed E-state index contributed by atoms with van der Waals surface area (Å²) in [4.78, 5) is 2.61. The highest BCUT2D eigenvalue weighted by atomic mass is 16.5. The average Bonchev–Trinajstić information content (AvgIpc) is 3.31. The van der Waals surface area contributed by atoms with Gasteiger partial charge in [-0.1, -0.05) is 60.7 Å². The molecule has 1 fully saturated rings. The minimum absolute atomic E-state index is 0.509. The van der Waals surface area contributed by atoms with Crippen molar-refractivity contribution in [2.24, 2.45) is 0 Å². The van der Waals surface area contributed by atoms with E-state index in [1.54, 1.807) is 14.2 Å². The van der Waals surface area contributed by atoms with Gasteiger partial charge in [-0.25, -0.2) is 0 Å². The first kappa shape index (κ1) is 21.7. The number of hydrogen-bond acceptors (Lipinski definition) is 4. The van der Waals surface area contributed by atoms with Crippen molar-refractivity contribution in [1.29, 1.82) is 0 Å². The van der Waals surface area contributed by atoms with E-state index in [0.29, 0.717) is 6.04 Å². The number of nitrogens with one attached hydrogen (secondary N) is 1. The summed E-state index contributed by atoms with van der Waals surface area (Å²) in [5.41, 5.74) is 2.52. The average molecular weight is 441 g/mol. The van der Waals surface area contributed by atoms with Crippen LogP contribution in [0.15, 0.2) is 72.8 Å². The molecular formula is C29H32N2O2. The van der Waals surface area contributed by atoms with Crippen molar-refractivity contribution in [3.63, 3.8) is 0 Å². The maximum Gasteiger partial charge on any atom is 0.123 e. The molecule has 1 unspecified atom stereocenters. The third-order valence-corrected chi connectivity index (χ3v) is 6.98. The second-order valence-electron chi connectivity index (χ2n) is 8.83. The van der Waals surface area contributed by atoms with Gasteiger partial charge in [0.15, 0.2) is 0 Å². The molecule has 0 spiro atoms. The van der Waals surface area contributed by atoms with E-state index in [9.17, 15) is 0 Å². The molecule has 1 heterocycles. The number of likely N-dealkylation sites (tertiary alicyclic amines) is 1. The summed E-state index contributed by atoms with van der Waals surface area (Å²) in [6.45, 7) is 3.79. The van der Waals surface area contributed by atoms with Crippen LogP contribution in [0, 0.1) is 0 Å². The maximum atomic E-state index is 5.75. The highest BCUT2D eigenvalue weighted by Crippen LogP contribution is 2.32. The SMILES string of the molecule is COc1ccc2ccccc2c1CNCC1CCCN1Cc1c(OC)ccc2ccccc12. The Labute approximate surface area is 196 Å². The zero-order chi connectivity index (χ0) is 22.6. The Hall–Kier alpha value is -3.08. The van der Waals surface area contributed by atoms with Gasteiger partial charge in [-0.3, -0.25) is 4.90 Å². The minimum atomic E-state index is 0.509. The second-order valence-corrected chi connectivity index (χ2v) is 8.83. The van der Waals surface area contributed by atoms with Gasteiger partial charge in [0.2, 0.25) is 0 Å². The highest BCUT2D eigenvalue weighted by Gasteiger charge is 2.26. The van der Waals surface area contributed by atoms with Gasteiger partial charge >= 0.3 is 0 Å². The van der Waals surface area contributed by atoms with Crippen LogP contribution >= 0.6 is 0 Å². The summed E-state index contributed by atoms with van der Waals surface area (Å²) >= 11 is 0. The quantitative estimate of drug-likeness (QED) is 0.377. The van der Waals surface area contributed by atoms with Crippen LogP contribution in [-0.2, 0) is 13.1 Å². The molecule has 4 aromatic carbocycles. The van der Waals surface area contributed by atoms with Crippen LogP contribution < -0.4 is 14.8 Å². The van der Waals surface area contributed by atoms with Crippen molar-refractivity contribution in [1.82, 2.24) is 10.2 Å². The van der Waals surface area contributed by atoms with Crippen LogP contribution in [0.2, 0.25) is 0 Å². The molecule has 33 heavy (non-hydrogen) atoms. The third-order valence-electron chi connectivity index (χ3n) is 6.98. The van der Waals surface area contributed by atoms with Gasteiger partial charge in [0.1, 0.15) is 11.5 Å². The van der Waals surface area contributed by atoms with Crippen molar-refractivity contribution in [3.8, 4) is 11.5 Å². The first-order chi connectivity index (χ1) is 16.3. The standard InChI is InChI=1S/C29H32N2O2/c1-32-28-15-13-21-8-3-5-11-24(21)26(28)19-30-18-23-10-7-17-31(23)20-27-25-12-6-4-9-22(25)14-16-29(27)33-2/h3-6,8-9,11-16,23,30H,7,10,17-20H2,1-2H3. The Bertz CT molecular complexity index is 1250. The van der Waals surface area contributed by atoms with Gasteiger partial charge in [-0.2, -0.15) is 0 Å².